The Labute approximate surface area is 184 Å². The highest BCUT2D eigenvalue weighted by Crippen LogP contribution is 2.29. The summed E-state index contributed by atoms with van der Waals surface area (Å²) in [6.45, 7) is 4.65. The van der Waals surface area contributed by atoms with Crippen molar-refractivity contribution in [3.8, 4) is 11.3 Å². The summed E-state index contributed by atoms with van der Waals surface area (Å²) in [5, 5.41) is 2.58. The Morgan fingerprint density at radius 3 is 2.53 bits per heavy atom. The molecule has 2 aliphatic heterocycles. The molecule has 0 aliphatic carbocycles. The molecule has 3 N–H and O–H groups in total. The molecular weight excluding hydrogens is 420 g/mol. The van der Waals surface area contributed by atoms with Gasteiger partial charge < -0.3 is 20.4 Å². The number of hydrogen-bond donors (Lipinski definition) is 2. The summed E-state index contributed by atoms with van der Waals surface area (Å²) in [6, 6.07) is 11.0. The maximum absolute atomic E-state index is 12.8. The van der Waals surface area contributed by atoms with Crippen molar-refractivity contribution in [2.45, 2.75) is 0 Å². The van der Waals surface area contributed by atoms with Gasteiger partial charge in [0, 0.05) is 56.5 Å². The number of nitrogens with one attached hydrogen (secondary N) is 1. The highest BCUT2D eigenvalue weighted by atomic mass is 32.2. The predicted molar refractivity (Wildman–Crippen MR) is 122 cm³/mol. The third-order valence-corrected chi connectivity index (χ3v) is 6.23. The second-order valence-electron chi connectivity index (χ2n) is 7.05. The molecular formula is C21H22N4O3S2. The zero-order valence-corrected chi connectivity index (χ0v) is 17.9. The lowest BCUT2D eigenvalue weighted by Crippen LogP contribution is -2.49. The minimum Gasteiger partial charge on any atom is -0.457 e. The normalized spacial score (nSPS) is 18.8. The van der Waals surface area contributed by atoms with Gasteiger partial charge in [-0.15, -0.1) is 0 Å². The lowest BCUT2D eigenvalue weighted by Gasteiger charge is -2.34. The van der Waals surface area contributed by atoms with E-state index < -0.39 is 0 Å². The Balaban J connectivity index is 1.41. The summed E-state index contributed by atoms with van der Waals surface area (Å²) in [7, 11) is 0. The first-order chi connectivity index (χ1) is 14.5. The largest absolute Gasteiger partial charge is 0.457 e. The van der Waals surface area contributed by atoms with Gasteiger partial charge in [0.2, 0.25) is 0 Å². The van der Waals surface area contributed by atoms with E-state index in [0.29, 0.717) is 45.9 Å². The fourth-order valence-corrected chi connectivity index (χ4v) is 4.48. The SMILES string of the molecule is NCCN1CCN(C(=O)c2ccc(-c3ccc(/C=C4/SC(=S)NC4=O)o3)cc2)CC1. The summed E-state index contributed by atoms with van der Waals surface area (Å²) in [6.07, 6.45) is 1.67. The number of rotatable bonds is 5. The van der Waals surface area contributed by atoms with Crippen LogP contribution in [-0.2, 0) is 4.79 Å². The number of nitrogens with zero attached hydrogens (tertiary/aromatic N) is 2. The van der Waals surface area contributed by atoms with Gasteiger partial charge in [0.05, 0.1) is 4.91 Å². The Hall–Kier alpha value is -2.46. The van der Waals surface area contributed by atoms with Crippen LogP contribution in [0.5, 0.6) is 0 Å². The van der Waals surface area contributed by atoms with Crippen LogP contribution in [0.25, 0.3) is 17.4 Å². The van der Waals surface area contributed by atoms with Crippen molar-refractivity contribution in [3.63, 3.8) is 0 Å². The van der Waals surface area contributed by atoms with E-state index in [9.17, 15) is 9.59 Å². The molecule has 156 valence electrons. The highest BCUT2D eigenvalue weighted by molar-refractivity contribution is 8.26. The standard InChI is InChI=1S/C21H22N4O3S2/c22-7-8-24-9-11-25(12-10-24)20(27)15-3-1-14(2-4-15)17-6-5-16(28-17)13-18-19(26)23-21(29)30-18/h1-6,13H,7-12,22H2,(H,23,26,29)/b18-13+. The van der Waals surface area contributed by atoms with Crippen molar-refractivity contribution in [2.24, 2.45) is 5.73 Å². The van der Waals surface area contributed by atoms with Crippen molar-refractivity contribution in [3.05, 3.63) is 52.6 Å². The average molecular weight is 443 g/mol. The van der Waals surface area contributed by atoms with Gasteiger partial charge in [0.25, 0.3) is 11.8 Å². The van der Waals surface area contributed by atoms with Gasteiger partial charge in [0.15, 0.2) is 0 Å². The molecule has 2 aromatic rings. The van der Waals surface area contributed by atoms with Crippen LogP contribution in [0.4, 0.5) is 0 Å². The number of carbonyl (C=O) groups excluding carboxylic acids is 2. The van der Waals surface area contributed by atoms with Gasteiger partial charge in [-0.3, -0.25) is 14.5 Å². The average Bonchev–Trinajstić information content (AvgIpc) is 3.34. The fourth-order valence-electron chi connectivity index (χ4n) is 3.45. The van der Waals surface area contributed by atoms with Crippen molar-refractivity contribution in [2.75, 3.05) is 39.3 Å². The number of carbonyl (C=O) groups is 2. The number of benzene rings is 1. The van der Waals surface area contributed by atoms with E-state index >= 15 is 0 Å². The highest BCUT2D eigenvalue weighted by Gasteiger charge is 2.23. The minimum atomic E-state index is -0.213. The topological polar surface area (TPSA) is 91.8 Å². The predicted octanol–water partition coefficient (Wildman–Crippen LogP) is 2.15. The Morgan fingerprint density at radius 1 is 1.17 bits per heavy atom. The van der Waals surface area contributed by atoms with E-state index in [1.54, 1.807) is 12.1 Å². The maximum atomic E-state index is 12.8. The zero-order valence-electron chi connectivity index (χ0n) is 16.3. The third kappa shape index (κ3) is 4.65. The quantitative estimate of drug-likeness (QED) is 0.542. The molecule has 2 fully saturated rings. The summed E-state index contributed by atoms with van der Waals surface area (Å²) in [4.78, 5) is 29.2. The second-order valence-corrected chi connectivity index (χ2v) is 8.77. The Bertz CT molecular complexity index is 992. The van der Waals surface area contributed by atoms with Crippen LogP contribution in [0.1, 0.15) is 16.1 Å². The maximum Gasteiger partial charge on any atom is 0.263 e. The molecule has 2 saturated heterocycles. The molecule has 0 bridgehead atoms. The number of thiocarbonyl (C=S) groups is 1. The van der Waals surface area contributed by atoms with Crippen LogP contribution >= 0.6 is 24.0 Å². The molecule has 0 atom stereocenters. The number of furan rings is 1. The first-order valence-corrected chi connectivity index (χ1v) is 10.9. The van der Waals surface area contributed by atoms with Crippen LogP contribution < -0.4 is 11.1 Å². The molecule has 1 aromatic heterocycles. The van der Waals surface area contributed by atoms with Gasteiger partial charge in [-0.25, -0.2) is 0 Å². The number of amides is 2. The van der Waals surface area contributed by atoms with Crippen LogP contribution in [-0.4, -0.2) is 65.2 Å². The lowest BCUT2D eigenvalue weighted by molar-refractivity contribution is -0.115. The zero-order chi connectivity index (χ0) is 21.1. The van der Waals surface area contributed by atoms with Crippen LogP contribution in [0.3, 0.4) is 0 Å². The molecule has 0 unspecified atom stereocenters. The number of hydrogen-bond acceptors (Lipinski definition) is 7. The smallest absolute Gasteiger partial charge is 0.263 e. The summed E-state index contributed by atoms with van der Waals surface area (Å²) in [5.41, 5.74) is 7.13. The van der Waals surface area contributed by atoms with E-state index in [1.807, 2.05) is 35.2 Å². The summed E-state index contributed by atoms with van der Waals surface area (Å²) < 4.78 is 6.29. The van der Waals surface area contributed by atoms with E-state index in [2.05, 4.69) is 10.2 Å². The van der Waals surface area contributed by atoms with Gasteiger partial charge in [0.1, 0.15) is 15.8 Å². The first kappa shape index (κ1) is 20.8. The van der Waals surface area contributed by atoms with Crippen molar-refractivity contribution < 1.29 is 14.0 Å². The molecule has 0 saturated carbocycles. The van der Waals surface area contributed by atoms with Crippen molar-refractivity contribution in [1.29, 1.82) is 0 Å². The van der Waals surface area contributed by atoms with Gasteiger partial charge in [-0.05, 0) is 24.3 Å². The molecule has 7 nitrogen and oxygen atoms in total. The summed E-state index contributed by atoms with van der Waals surface area (Å²) >= 11 is 6.21. The van der Waals surface area contributed by atoms with Gasteiger partial charge in [-0.2, -0.15) is 0 Å². The first-order valence-electron chi connectivity index (χ1n) is 9.70. The second kappa shape index (κ2) is 9.13. The number of piperazine rings is 1. The minimum absolute atomic E-state index is 0.0408. The molecule has 2 aliphatic rings. The third-order valence-electron chi connectivity index (χ3n) is 5.06. The van der Waals surface area contributed by atoms with Crippen molar-refractivity contribution >= 4 is 46.2 Å². The van der Waals surface area contributed by atoms with Crippen molar-refractivity contribution in [1.82, 2.24) is 15.1 Å². The fraction of sp³-hybridized carbons (Fsp3) is 0.286. The van der Waals surface area contributed by atoms with Gasteiger partial charge in [-0.1, -0.05) is 36.1 Å². The van der Waals surface area contributed by atoms with E-state index in [-0.39, 0.29) is 11.8 Å². The lowest BCUT2D eigenvalue weighted by atomic mass is 10.1. The van der Waals surface area contributed by atoms with E-state index in [1.165, 1.54) is 11.8 Å². The van der Waals surface area contributed by atoms with Crippen LogP contribution in [0.2, 0.25) is 0 Å². The molecule has 4 rings (SSSR count). The summed E-state index contributed by atoms with van der Waals surface area (Å²) in [5.74, 6) is 1.07. The number of thioether (sulfide) groups is 1. The Morgan fingerprint density at radius 2 is 1.90 bits per heavy atom. The molecule has 9 heteroatoms. The number of nitrogens with two attached hydrogens (primary N) is 1. The molecule has 0 spiro atoms. The van der Waals surface area contributed by atoms with E-state index in [0.717, 1.165) is 25.2 Å². The molecule has 0 radical (unpaired) electrons. The molecule has 2 amide bonds. The van der Waals surface area contributed by atoms with Gasteiger partial charge >= 0.3 is 0 Å². The van der Waals surface area contributed by atoms with Crippen LogP contribution in [0, 0.1) is 0 Å². The molecule has 3 heterocycles. The molecule has 30 heavy (non-hydrogen) atoms. The monoisotopic (exact) mass is 442 g/mol. The van der Waals surface area contributed by atoms with E-state index in [4.69, 9.17) is 22.4 Å². The van der Waals surface area contributed by atoms with Crippen LogP contribution in [0.15, 0.2) is 45.7 Å². The molecule has 1 aromatic carbocycles. The Kier molecular flexibility index (Phi) is 6.33.